The van der Waals surface area contributed by atoms with Crippen molar-refractivity contribution in [2.45, 2.75) is 110 Å². The van der Waals surface area contributed by atoms with Gasteiger partial charge < -0.3 is 9.47 Å². The number of halogens is 1. The Balaban J connectivity index is 3.18. The van der Waals surface area contributed by atoms with Crippen molar-refractivity contribution in [1.29, 1.82) is 0 Å². The third kappa shape index (κ3) is 20.1. The minimum Gasteiger partial charge on any atom is -0.353 e. The summed E-state index contributed by atoms with van der Waals surface area (Å²) in [6.07, 6.45) is 22.9. The second-order valence-electron chi connectivity index (χ2n) is 6.76. The highest BCUT2D eigenvalue weighted by Crippen LogP contribution is 2.14. The van der Waals surface area contributed by atoms with Gasteiger partial charge in [-0.1, -0.05) is 69.9 Å². The monoisotopic (exact) mass is 374 g/mol. The molecule has 0 radical (unpaired) electrons. The van der Waals surface area contributed by atoms with Crippen molar-refractivity contribution < 1.29 is 9.47 Å². The molecular formula is C22H43ClO2. The zero-order valence-corrected chi connectivity index (χ0v) is 17.7. The summed E-state index contributed by atoms with van der Waals surface area (Å²) in [5.74, 6) is 0.748. The quantitative estimate of drug-likeness (QED) is 0.0942. The van der Waals surface area contributed by atoms with Crippen LogP contribution in [0.15, 0.2) is 12.2 Å². The molecule has 0 saturated carbocycles. The fourth-order valence-electron chi connectivity index (χ4n) is 3.05. The van der Waals surface area contributed by atoms with Crippen LogP contribution in [0.4, 0.5) is 0 Å². The number of allylic oxidation sites excluding steroid dienone is 2. The molecule has 0 heterocycles. The number of alkyl halides is 1. The molecule has 0 aromatic carbocycles. The largest absolute Gasteiger partial charge is 0.353 e. The van der Waals surface area contributed by atoms with Gasteiger partial charge in [0.25, 0.3) is 0 Å². The van der Waals surface area contributed by atoms with Gasteiger partial charge >= 0.3 is 0 Å². The summed E-state index contributed by atoms with van der Waals surface area (Å²) in [7, 11) is 0. The zero-order chi connectivity index (χ0) is 18.4. The Labute approximate surface area is 162 Å². The maximum absolute atomic E-state index is 5.63. The Bertz CT molecular complexity index is 263. The second-order valence-corrected chi connectivity index (χ2v) is 7.13. The van der Waals surface area contributed by atoms with Gasteiger partial charge in [0.1, 0.15) is 0 Å². The van der Waals surface area contributed by atoms with E-state index in [1.165, 1.54) is 77.0 Å². The van der Waals surface area contributed by atoms with Gasteiger partial charge in [0.15, 0.2) is 6.29 Å². The molecule has 0 atom stereocenters. The van der Waals surface area contributed by atoms with Crippen molar-refractivity contribution in [3.8, 4) is 0 Å². The van der Waals surface area contributed by atoms with Gasteiger partial charge in [-0.05, 0) is 46.0 Å². The number of hydrogen-bond acceptors (Lipinski definition) is 2. The van der Waals surface area contributed by atoms with E-state index in [2.05, 4.69) is 12.2 Å². The SMILES string of the molecule is CCOC(CCCCCCCCCCCCC/C=C\CCCl)OCC. The van der Waals surface area contributed by atoms with Crippen molar-refractivity contribution in [2.24, 2.45) is 0 Å². The molecule has 150 valence electrons. The van der Waals surface area contributed by atoms with Gasteiger partial charge in [-0.2, -0.15) is 0 Å². The maximum Gasteiger partial charge on any atom is 0.157 e. The van der Waals surface area contributed by atoms with Crippen molar-refractivity contribution in [3.63, 3.8) is 0 Å². The van der Waals surface area contributed by atoms with Crippen molar-refractivity contribution in [2.75, 3.05) is 19.1 Å². The Hall–Kier alpha value is -0.0500. The third-order valence-corrected chi connectivity index (χ3v) is 4.68. The van der Waals surface area contributed by atoms with Crippen molar-refractivity contribution in [3.05, 3.63) is 12.2 Å². The lowest BCUT2D eigenvalue weighted by Crippen LogP contribution is -2.17. The molecule has 0 spiro atoms. The lowest BCUT2D eigenvalue weighted by molar-refractivity contribution is -0.140. The summed E-state index contributed by atoms with van der Waals surface area (Å²) >= 11 is 5.63. The first-order chi connectivity index (χ1) is 12.3. The lowest BCUT2D eigenvalue weighted by Gasteiger charge is -2.16. The molecule has 0 rings (SSSR count). The molecule has 3 heteroatoms. The highest BCUT2D eigenvalue weighted by Gasteiger charge is 2.06. The highest BCUT2D eigenvalue weighted by atomic mass is 35.5. The molecule has 0 aromatic rings. The summed E-state index contributed by atoms with van der Waals surface area (Å²) in [6.45, 7) is 5.56. The number of unbranched alkanes of at least 4 members (excludes halogenated alkanes) is 11. The molecule has 0 unspecified atom stereocenters. The molecule has 0 aliphatic carbocycles. The van der Waals surface area contributed by atoms with Crippen molar-refractivity contribution >= 4 is 11.6 Å². The second kappa shape index (κ2) is 22.0. The molecular weight excluding hydrogens is 332 g/mol. The van der Waals surface area contributed by atoms with E-state index in [0.717, 1.165) is 31.9 Å². The van der Waals surface area contributed by atoms with Gasteiger partial charge in [-0.25, -0.2) is 0 Å². The van der Waals surface area contributed by atoms with Crippen LogP contribution in [-0.4, -0.2) is 25.4 Å². The van der Waals surface area contributed by atoms with Crippen LogP contribution in [0, 0.1) is 0 Å². The van der Waals surface area contributed by atoms with Gasteiger partial charge in [0, 0.05) is 19.1 Å². The molecule has 0 fully saturated rings. The van der Waals surface area contributed by atoms with Crippen LogP contribution >= 0.6 is 11.6 Å². The normalized spacial score (nSPS) is 11.8. The Morgan fingerprint density at radius 3 is 1.56 bits per heavy atom. The Morgan fingerprint density at radius 2 is 1.08 bits per heavy atom. The molecule has 25 heavy (non-hydrogen) atoms. The standard InChI is InChI=1S/C22H43ClO2/c1-3-24-22(25-4-2)20-18-16-14-12-10-8-6-5-7-9-11-13-15-17-19-21-23/h15,17,22H,3-14,16,18-21H2,1-2H3/b17-15-. The van der Waals surface area contributed by atoms with Gasteiger partial charge in [-0.3, -0.25) is 0 Å². The topological polar surface area (TPSA) is 18.5 Å². The molecule has 0 aliphatic rings. The minimum absolute atomic E-state index is 0.0193. The third-order valence-electron chi connectivity index (χ3n) is 4.46. The van der Waals surface area contributed by atoms with E-state index in [1.807, 2.05) is 13.8 Å². The van der Waals surface area contributed by atoms with Crippen LogP contribution < -0.4 is 0 Å². The van der Waals surface area contributed by atoms with E-state index in [-0.39, 0.29) is 6.29 Å². The zero-order valence-electron chi connectivity index (χ0n) is 16.9. The Kier molecular flexibility index (Phi) is 21.9. The summed E-state index contributed by atoms with van der Waals surface area (Å²) in [4.78, 5) is 0. The van der Waals surface area contributed by atoms with Crippen molar-refractivity contribution in [1.82, 2.24) is 0 Å². The minimum atomic E-state index is 0.0193. The predicted octanol–water partition coefficient (Wildman–Crippen LogP) is 7.64. The average Bonchev–Trinajstić information content (AvgIpc) is 2.61. The smallest absolute Gasteiger partial charge is 0.157 e. The summed E-state index contributed by atoms with van der Waals surface area (Å²) in [5.41, 5.74) is 0. The molecule has 0 saturated heterocycles. The first-order valence-corrected chi connectivity index (χ1v) is 11.3. The number of rotatable bonds is 20. The molecule has 0 amide bonds. The number of hydrogen-bond donors (Lipinski definition) is 0. The van der Waals surface area contributed by atoms with Crippen LogP contribution in [-0.2, 0) is 9.47 Å². The highest BCUT2D eigenvalue weighted by molar-refractivity contribution is 6.17. The van der Waals surface area contributed by atoms with E-state index < -0.39 is 0 Å². The summed E-state index contributed by atoms with van der Waals surface area (Å²) in [6, 6.07) is 0. The molecule has 0 aromatic heterocycles. The van der Waals surface area contributed by atoms with Crippen LogP contribution in [0.25, 0.3) is 0 Å². The van der Waals surface area contributed by atoms with Crippen LogP contribution in [0.3, 0.4) is 0 Å². The van der Waals surface area contributed by atoms with Crippen LogP contribution in [0.1, 0.15) is 104 Å². The fraction of sp³-hybridized carbons (Fsp3) is 0.909. The summed E-state index contributed by atoms with van der Waals surface area (Å²) in [5, 5.41) is 0. The first kappa shape index (κ1) is 24.9. The molecule has 0 aliphatic heterocycles. The van der Waals surface area contributed by atoms with Gasteiger partial charge in [-0.15, -0.1) is 11.6 Å². The van der Waals surface area contributed by atoms with Gasteiger partial charge in [0.05, 0.1) is 0 Å². The average molecular weight is 375 g/mol. The molecule has 0 N–H and O–H groups in total. The first-order valence-electron chi connectivity index (χ1n) is 10.8. The predicted molar refractivity (Wildman–Crippen MR) is 112 cm³/mol. The maximum atomic E-state index is 5.63. The van der Waals surface area contributed by atoms with E-state index >= 15 is 0 Å². The summed E-state index contributed by atoms with van der Waals surface area (Å²) < 4.78 is 11.2. The van der Waals surface area contributed by atoms with Crippen LogP contribution in [0.5, 0.6) is 0 Å². The molecule has 2 nitrogen and oxygen atoms in total. The van der Waals surface area contributed by atoms with E-state index in [4.69, 9.17) is 21.1 Å². The fourth-order valence-corrected chi connectivity index (χ4v) is 3.18. The Morgan fingerprint density at radius 1 is 0.640 bits per heavy atom. The lowest BCUT2D eigenvalue weighted by atomic mass is 10.0. The van der Waals surface area contributed by atoms with Crippen LogP contribution in [0.2, 0.25) is 0 Å². The van der Waals surface area contributed by atoms with Gasteiger partial charge in [0.2, 0.25) is 0 Å². The molecule has 0 bridgehead atoms. The van der Waals surface area contributed by atoms with E-state index in [1.54, 1.807) is 0 Å². The number of ether oxygens (including phenoxy) is 2. The van der Waals surface area contributed by atoms with E-state index in [9.17, 15) is 0 Å². The van der Waals surface area contributed by atoms with E-state index in [0.29, 0.717) is 0 Å².